The maximum Gasteiger partial charge on any atom is 0.318 e. The molecule has 0 aliphatic heterocycles. The molecule has 0 aliphatic carbocycles. The number of nitrogens with one attached hydrogen (secondary N) is 1. The SMILES string of the molecule is CCCc1cc(NC(=O)[C@H](CCSC)C(=O)OC)ccc1-c1ccccc1. The number of methoxy groups -OCH3 is 1. The number of aryl methyl sites for hydroxylation is 1. The number of rotatable bonds is 9. The van der Waals surface area contributed by atoms with Crippen molar-refractivity contribution in [3.63, 3.8) is 0 Å². The Bertz CT molecular complexity index is 761. The highest BCUT2D eigenvalue weighted by molar-refractivity contribution is 7.98. The highest BCUT2D eigenvalue weighted by atomic mass is 32.2. The van der Waals surface area contributed by atoms with E-state index in [0.29, 0.717) is 12.1 Å². The van der Waals surface area contributed by atoms with Gasteiger partial charge in [-0.05, 0) is 53.7 Å². The molecule has 0 bridgehead atoms. The third kappa shape index (κ3) is 5.86. The number of benzene rings is 2. The molecule has 5 heteroatoms. The van der Waals surface area contributed by atoms with E-state index in [9.17, 15) is 9.59 Å². The van der Waals surface area contributed by atoms with E-state index in [1.165, 1.54) is 18.2 Å². The third-order valence-corrected chi connectivity index (χ3v) is 5.03. The number of anilines is 1. The molecule has 1 N–H and O–H groups in total. The van der Waals surface area contributed by atoms with E-state index in [2.05, 4.69) is 24.4 Å². The summed E-state index contributed by atoms with van der Waals surface area (Å²) in [6.45, 7) is 2.13. The number of hydrogen-bond donors (Lipinski definition) is 1. The molecule has 0 saturated carbocycles. The molecule has 2 rings (SSSR count). The Labute approximate surface area is 165 Å². The quantitative estimate of drug-likeness (QED) is 0.498. The molecular formula is C22H27NO3S. The molecule has 27 heavy (non-hydrogen) atoms. The van der Waals surface area contributed by atoms with E-state index >= 15 is 0 Å². The number of amides is 1. The molecule has 2 aromatic carbocycles. The average Bonchev–Trinajstić information content (AvgIpc) is 2.69. The van der Waals surface area contributed by atoms with Crippen LogP contribution in [0.15, 0.2) is 48.5 Å². The summed E-state index contributed by atoms with van der Waals surface area (Å²) in [7, 11) is 1.32. The van der Waals surface area contributed by atoms with Gasteiger partial charge in [-0.3, -0.25) is 9.59 Å². The number of hydrogen-bond acceptors (Lipinski definition) is 4. The van der Waals surface area contributed by atoms with Crippen molar-refractivity contribution in [3.8, 4) is 11.1 Å². The Morgan fingerprint density at radius 2 is 1.89 bits per heavy atom. The standard InChI is InChI=1S/C22H27NO3S/c1-4-8-17-15-18(11-12-19(17)16-9-6-5-7-10-16)23-21(24)20(13-14-27-3)22(25)26-2/h5-7,9-12,15,20H,4,8,13-14H2,1-3H3,(H,23,24)/t20-/m0/s1. The van der Waals surface area contributed by atoms with Crippen molar-refractivity contribution in [2.24, 2.45) is 5.92 Å². The topological polar surface area (TPSA) is 55.4 Å². The molecule has 0 saturated heterocycles. The van der Waals surface area contributed by atoms with E-state index in [0.717, 1.165) is 24.2 Å². The summed E-state index contributed by atoms with van der Waals surface area (Å²) >= 11 is 1.60. The van der Waals surface area contributed by atoms with Gasteiger partial charge in [0.15, 0.2) is 0 Å². The van der Waals surface area contributed by atoms with Crippen molar-refractivity contribution in [1.29, 1.82) is 0 Å². The van der Waals surface area contributed by atoms with E-state index in [-0.39, 0.29) is 5.91 Å². The van der Waals surface area contributed by atoms with Gasteiger partial charge in [-0.2, -0.15) is 11.8 Å². The van der Waals surface area contributed by atoms with Gasteiger partial charge in [-0.15, -0.1) is 0 Å². The van der Waals surface area contributed by atoms with Crippen LogP contribution in [0.1, 0.15) is 25.3 Å². The predicted molar refractivity (Wildman–Crippen MR) is 113 cm³/mol. The van der Waals surface area contributed by atoms with Gasteiger partial charge in [0.2, 0.25) is 5.91 Å². The fourth-order valence-corrected chi connectivity index (χ4v) is 3.48. The van der Waals surface area contributed by atoms with Crippen molar-refractivity contribution in [1.82, 2.24) is 0 Å². The van der Waals surface area contributed by atoms with Crippen molar-refractivity contribution in [3.05, 3.63) is 54.1 Å². The summed E-state index contributed by atoms with van der Waals surface area (Å²) in [6.07, 6.45) is 4.34. The fourth-order valence-electron chi connectivity index (χ4n) is 3.01. The number of esters is 1. The van der Waals surface area contributed by atoms with Gasteiger partial charge in [-0.25, -0.2) is 0 Å². The molecule has 0 fully saturated rings. The van der Waals surface area contributed by atoms with Crippen molar-refractivity contribution >= 4 is 29.3 Å². The number of ether oxygens (including phenoxy) is 1. The van der Waals surface area contributed by atoms with E-state index in [1.807, 2.05) is 42.7 Å². The van der Waals surface area contributed by atoms with E-state index in [4.69, 9.17) is 4.74 Å². The zero-order valence-corrected chi connectivity index (χ0v) is 17.0. The highest BCUT2D eigenvalue weighted by Gasteiger charge is 2.27. The summed E-state index contributed by atoms with van der Waals surface area (Å²) in [5.41, 5.74) is 4.22. The lowest BCUT2D eigenvalue weighted by Crippen LogP contribution is -2.31. The molecule has 1 amide bonds. The van der Waals surface area contributed by atoms with Crippen LogP contribution >= 0.6 is 11.8 Å². The highest BCUT2D eigenvalue weighted by Crippen LogP contribution is 2.28. The van der Waals surface area contributed by atoms with Crippen LogP contribution in [0.3, 0.4) is 0 Å². The fraction of sp³-hybridized carbons (Fsp3) is 0.364. The van der Waals surface area contributed by atoms with E-state index in [1.54, 1.807) is 11.8 Å². The summed E-state index contributed by atoms with van der Waals surface area (Å²) in [4.78, 5) is 24.6. The molecule has 4 nitrogen and oxygen atoms in total. The normalized spacial score (nSPS) is 11.7. The second-order valence-electron chi connectivity index (χ2n) is 6.33. The Morgan fingerprint density at radius 3 is 2.52 bits per heavy atom. The molecule has 144 valence electrons. The van der Waals surface area contributed by atoms with E-state index < -0.39 is 11.9 Å². The summed E-state index contributed by atoms with van der Waals surface area (Å²) in [5.74, 6) is -0.866. The molecule has 0 aromatic heterocycles. The van der Waals surface area contributed by atoms with Gasteiger partial charge in [0.25, 0.3) is 0 Å². The molecule has 1 atom stereocenters. The minimum Gasteiger partial charge on any atom is -0.468 e. The van der Waals surface area contributed by atoms with Crippen molar-refractivity contribution in [2.45, 2.75) is 26.2 Å². The van der Waals surface area contributed by atoms with Crippen LogP contribution in [0.5, 0.6) is 0 Å². The van der Waals surface area contributed by atoms with Crippen LogP contribution in [-0.2, 0) is 20.7 Å². The molecule has 0 unspecified atom stereocenters. The second kappa shape index (κ2) is 10.8. The Balaban J connectivity index is 2.24. The van der Waals surface area contributed by atoms with Gasteiger partial charge >= 0.3 is 5.97 Å². The molecule has 0 spiro atoms. The maximum absolute atomic E-state index is 12.6. The van der Waals surface area contributed by atoms with Gasteiger partial charge in [0.1, 0.15) is 5.92 Å². The second-order valence-corrected chi connectivity index (χ2v) is 7.32. The van der Waals surface area contributed by atoms with Gasteiger partial charge in [0.05, 0.1) is 7.11 Å². The zero-order chi connectivity index (χ0) is 19.6. The summed E-state index contributed by atoms with van der Waals surface area (Å²) in [6, 6.07) is 16.1. The minimum absolute atomic E-state index is 0.314. The van der Waals surface area contributed by atoms with Crippen molar-refractivity contribution < 1.29 is 14.3 Å². The Hall–Kier alpha value is -2.27. The molecule has 0 radical (unpaired) electrons. The zero-order valence-electron chi connectivity index (χ0n) is 16.2. The van der Waals surface area contributed by atoms with Gasteiger partial charge in [-0.1, -0.05) is 49.7 Å². The number of carbonyl (C=O) groups excluding carboxylic acids is 2. The number of thioether (sulfide) groups is 1. The molecule has 0 aliphatic rings. The van der Waals surface area contributed by atoms with Crippen LogP contribution in [-0.4, -0.2) is 31.0 Å². The van der Waals surface area contributed by atoms with Gasteiger partial charge < -0.3 is 10.1 Å². The smallest absolute Gasteiger partial charge is 0.318 e. The third-order valence-electron chi connectivity index (χ3n) is 4.39. The average molecular weight is 386 g/mol. The monoisotopic (exact) mass is 385 g/mol. The van der Waals surface area contributed by atoms with Crippen LogP contribution in [0.25, 0.3) is 11.1 Å². The predicted octanol–water partition coefficient (Wildman–Crippen LogP) is 4.79. The summed E-state index contributed by atoms with van der Waals surface area (Å²) < 4.78 is 4.80. The van der Waals surface area contributed by atoms with Gasteiger partial charge in [0, 0.05) is 5.69 Å². The molecular weight excluding hydrogens is 358 g/mol. The lowest BCUT2D eigenvalue weighted by molar-refractivity contribution is -0.148. The maximum atomic E-state index is 12.6. The first-order valence-electron chi connectivity index (χ1n) is 9.16. The first-order chi connectivity index (χ1) is 13.1. The lowest BCUT2D eigenvalue weighted by Gasteiger charge is -2.16. The Morgan fingerprint density at radius 1 is 1.15 bits per heavy atom. The first-order valence-corrected chi connectivity index (χ1v) is 10.6. The summed E-state index contributed by atoms with van der Waals surface area (Å²) in [5, 5.41) is 2.89. The van der Waals surface area contributed by atoms with Crippen LogP contribution < -0.4 is 5.32 Å². The first kappa shape index (κ1) is 21.0. The minimum atomic E-state index is -0.786. The van der Waals surface area contributed by atoms with Crippen molar-refractivity contribution in [2.75, 3.05) is 24.4 Å². The molecule has 0 heterocycles. The van der Waals surface area contributed by atoms with Crippen LogP contribution in [0.2, 0.25) is 0 Å². The van der Waals surface area contributed by atoms with Crippen LogP contribution in [0, 0.1) is 5.92 Å². The molecule has 2 aromatic rings. The van der Waals surface area contributed by atoms with Crippen LogP contribution in [0.4, 0.5) is 5.69 Å². The Kier molecular flexibility index (Phi) is 8.40. The number of carbonyl (C=O) groups is 2. The largest absolute Gasteiger partial charge is 0.468 e. The lowest BCUT2D eigenvalue weighted by atomic mass is 9.96.